The zero-order chi connectivity index (χ0) is 9.68. The van der Waals surface area contributed by atoms with Crippen LogP contribution in [0.1, 0.15) is 19.4 Å². The Labute approximate surface area is 78.8 Å². The van der Waals surface area contributed by atoms with Gasteiger partial charge in [0.1, 0.15) is 11.6 Å². The van der Waals surface area contributed by atoms with Gasteiger partial charge in [-0.1, -0.05) is 5.57 Å². The van der Waals surface area contributed by atoms with Gasteiger partial charge in [-0.15, -0.1) is 0 Å². The first-order chi connectivity index (χ1) is 6.22. The summed E-state index contributed by atoms with van der Waals surface area (Å²) in [6.45, 7) is 4.96. The summed E-state index contributed by atoms with van der Waals surface area (Å²) in [7, 11) is 0. The lowest BCUT2D eigenvalue weighted by molar-refractivity contribution is -0.687. The lowest BCUT2D eigenvalue weighted by Gasteiger charge is -1.92. The number of pyridine rings is 1. The van der Waals surface area contributed by atoms with Crippen molar-refractivity contribution in [1.29, 1.82) is 5.26 Å². The second kappa shape index (κ2) is 4.42. The average molecular weight is 173 g/mol. The second-order valence-corrected chi connectivity index (χ2v) is 3.18. The summed E-state index contributed by atoms with van der Waals surface area (Å²) >= 11 is 0. The minimum atomic E-state index is 0.699. The fraction of sp³-hybridized carbons (Fsp3) is 0.273. The molecule has 0 radical (unpaired) electrons. The standard InChI is InChI=1S/C11H13N2/c1-10(2)5-7-13-6-3-4-11(8-12)9-13/h3-6,9H,7H2,1-2H3/q+1. The van der Waals surface area contributed by atoms with Crippen LogP contribution in [-0.4, -0.2) is 0 Å². The molecular weight excluding hydrogens is 160 g/mol. The molecule has 13 heavy (non-hydrogen) atoms. The van der Waals surface area contributed by atoms with Crippen molar-refractivity contribution < 1.29 is 4.57 Å². The highest BCUT2D eigenvalue weighted by molar-refractivity contribution is 5.21. The summed E-state index contributed by atoms with van der Waals surface area (Å²) in [5.74, 6) is 0. The van der Waals surface area contributed by atoms with E-state index >= 15 is 0 Å². The van der Waals surface area contributed by atoms with Crippen molar-refractivity contribution in [3.8, 4) is 6.07 Å². The van der Waals surface area contributed by atoms with Gasteiger partial charge in [0.25, 0.3) is 0 Å². The number of allylic oxidation sites excluding steroid dienone is 2. The first-order valence-electron chi connectivity index (χ1n) is 4.25. The molecule has 0 unspecified atom stereocenters. The Morgan fingerprint density at radius 1 is 1.62 bits per heavy atom. The van der Waals surface area contributed by atoms with Crippen LogP contribution in [0, 0.1) is 11.3 Å². The number of rotatable bonds is 2. The molecular formula is C11H13N2+. The van der Waals surface area contributed by atoms with E-state index in [-0.39, 0.29) is 0 Å². The average Bonchev–Trinajstić information content (AvgIpc) is 2.15. The third-order valence-corrected chi connectivity index (χ3v) is 1.70. The first-order valence-corrected chi connectivity index (χ1v) is 4.25. The lowest BCUT2D eigenvalue weighted by Crippen LogP contribution is -2.32. The van der Waals surface area contributed by atoms with Crippen molar-refractivity contribution in [2.75, 3.05) is 0 Å². The minimum Gasteiger partial charge on any atom is -0.200 e. The molecule has 0 saturated heterocycles. The Hall–Kier alpha value is -1.62. The van der Waals surface area contributed by atoms with E-state index in [1.807, 2.05) is 23.0 Å². The van der Waals surface area contributed by atoms with E-state index in [1.54, 1.807) is 6.07 Å². The third-order valence-electron chi connectivity index (χ3n) is 1.70. The van der Waals surface area contributed by atoms with E-state index in [1.165, 1.54) is 5.57 Å². The van der Waals surface area contributed by atoms with Crippen LogP contribution < -0.4 is 4.57 Å². The molecule has 0 saturated carbocycles. The summed E-state index contributed by atoms with van der Waals surface area (Å²) in [5, 5.41) is 8.66. The van der Waals surface area contributed by atoms with Crippen LogP contribution in [0.3, 0.4) is 0 Å². The number of nitrogens with zero attached hydrogens (tertiary/aromatic N) is 2. The molecule has 2 nitrogen and oxygen atoms in total. The number of hydrogen-bond acceptors (Lipinski definition) is 1. The van der Waals surface area contributed by atoms with E-state index in [4.69, 9.17) is 5.26 Å². The minimum absolute atomic E-state index is 0.699. The molecule has 0 spiro atoms. The van der Waals surface area contributed by atoms with Gasteiger partial charge in [-0.25, -0.2) is 4.57 Å². The smallest absolute Gasteiger partial charge is 0.186 e. The molecule has 1 aromatic heterocycles. The van der Waals surface area contributed by atoms with E-state index in [9.17, 15) is 0 Å². The summed E-state index contributed by atoms with van der Waals surface area (Å²) in [5.41, 5.74) is 1.99. The molecule has 0 atom stereocenters. The summed E-state index contributed by atoms with van der Waals surface area (Å²) in [4.78, 5) is 0. The molecule has 0 aliphatic rings. The topological polar surface area (TPSA) is 27.7 Å². The second-order valence-electron chi connectivity index (χ2n) is 3.18. The van der Waals surface area contributed by atoms with Gasteiger partial charge in [-0.2, -0.15) is 5.26 Å². The van der Waals surface area contributed by atoms with Crippen molar-refractivity contribution in [2.45, 2.75) is 20.4 Å². The molecule has 0 aromatic carbocycles. The van der Waals surface area contributed by atoms with Crippen LogP contribution in [-0.2, 0) is 6.54 Å². The maximum absolute atomic E-state index is 8.66. The fourth-order valence-electron chi connectivity index (χ4n) is 0.990. The molecule has 0 aliphatic carbocycles. The van der Waals surface area contributed by atoms with Gasteiger partial charge in [0.15, 0.2) is 18.9 Å². The largest absolute Gasteiger partial charge is 0.200 e. The molecule has 1 rings (SSSR count). The zero-order valence-corrected chi connectivity index (χ0v) is 7.99. The highest BCUT2D eigenvalue weighted by Crippen LogP contribution is 1.91. The maximum Gasteiger partial charge on any atom is 0.186 e. The van der Waals surface area contributed by atoms with Crippen molar-refractivity contribution in [1.82, 2.24) is 0 Å². The fourth-order valence-corrected chi connectivity index (χ4v) is 0.990. The first kappa shape index (κ1) is 9.47. The lowest BCUT2D eigenvalue weighted by atomic mass is 10.3. The van der Waals surface area contributed by atoms with E-state index in [0.717, 1.165) is 6.54 Å². The molecule has 0 amide bonds. The van der Waals surface area contributed by atoms with Gasteiger partial charge in [0, 0.05) is 6.07 Å². The van der Waals surface area contributed by atoms with Crippen molar-refractivity contribution in [3.05, 3.63) is 41.7 Å². The Morgan fingerprint density at radius 2 is 2.38 bits per heavy atom. The highest BCUT2D eigenvalue weighted by Gasteiger charge is 1.98. The molecule has 0 fully saturated rings. The predicted octanol–water partition coefficient (Wildman–Crippen LogP) is 1.81. The number of hydrogen-bond donors (Lipinski definition) is 0. The van der Waals surface area contributed by atoms with Crippen molar-refractivity contribution in [3.63, 3.8) is 0 Å². The maximum atomic E-state index is 8.66. The van der Waals surface area contributed by atoms with Crippen LogP contribution in [0.2, 0.25) is 0 Å². The van der Waals surface area contributed by atoms with E-state index in [0.29, 0.717) is 5.56 Å². The molecule has 2 heteroatoms. The third kappa shape index (κ3) is 3.08. The SMILES string of the molecule is CC(C)=CC[n+]1cccc(C#N)c1. The number of aromatic nitrogens is 1. The molecule has 1 aromatic rings. The summed E-state index contributed by atoms with van der Waals surface area (Å²) < 4.78 is 1.99. The van der Waals surface area contributed by atoms with Crippen LogP contribution in [0.15, 0.2) is 36.2 Å². The molecule has 0 aliphatic heterocycles. The zero-order valence-electron chi connectivity index (χ0n) is 7.99. The van der Waals surface area contributed by atoms with Crippen LogP contribution in [0.25, 0.3) is 0 Å². The quantitative estimate of drug-likeness (QED) is 0.495. The van der Waals surface area contributed by atoms with Crippen LogP contribution in [0.4, 0.5) is 0 Å². The summed E-state index contributed by atoms with van der Waals surface area (Å²) in [6, 6.07) is 5.80. The predicted molar refractivity (Wildman–Crippen MR) is 50.8 cm³/mol. The summed E-state index contributed by atoms with van der Waals surface area (Å²) in [6.07, 6.45) is 5.93. The molecule has 66 valence electrons. The molecule has 0 N–H and O–H groups in total. The number of nitriles is 1. The monoisotopic (exact) mass is 173 g/mol. The van der Waals surface area contributed by atoms with Gasteiger partial charge in [-0.3, -0.25) is 0 Å². The molecule has 0 bridgehead atoms. The van der Waals surface area contributed by atoms with E-state index < -0.39 is 0 Å². The Bertz CT molecular complexity index is 355. The van der Waals surface area contributed by atoms with Gasteiger partial charge >= 0.3 is 0 Å². The molecule has 1 heterocycles. The van der Waals surface area contributed by atoms with Gasteiger partial charge in [-0.05, 0) is 26.0 Å². The Morgan fingerprint density at radius 3 is 3.00 bits per heavy atom. The van der Waals surface area contributed by atoms with Gasteiger partial charge < -0.3 is 0 Å². The van der Waals surface area contributed by atoms with Gasteiger partial charge in [0.05, 0.1) is 0 Å². The van der Waals surface area contributed by atoms with Crippen molar-refractivity contribution in [2.24, 2.45) is 0 Å². The van der Waals surface area contributed by atoms with Crippen molar-refractivity contribution >= 4 is 0 Å². The Kier molecular flexibility index (Phi) is 3.22. The van der Waals surface area contributed by atoms with Crippen LogP contribution in [0.5, 0.6) is 0 Å². The van der Waals surface area contributed by atoms with Crippen LogP contribution >= 0.6 is 0 Å². The normalized spacial score (nSPS) is 9.00. The Balaban J connectivity index is 2.79. The van der Waals surface area contributed by atoms with Gasteiger partial charge in [0.2, 0.25) is 0 Å². The van der Waals surface area contributed by atoms with E-state index in [2.05, 4.69) is 26.0 Å². The highest BCUT2D eigenvalue weighted by atomic mass is 14.9.